The molecule has 4 N–H and O–H groups in total. The number of aromatic nitrogens is 1. The average molecular weight is 223 g/mol. The number of likely N-dealkylation sites (tertiary alicyclic amines) is 1. The molecule has 1 aromatic heterocycles. The standard InChI is InChI=1S/C11H17N3O2/c12-4-9-3-8(1-2-13-9)5-14-6-10(15)11(16)7-14/h1-3,10-11,15-16H,4-7,12H2. The van der Waals surface area contributed by atoms with E-state index >= 15 is 0 Å². The molecule has 1 saturated heterocycles. The maximum atomic E-state index is 9.42. The summed E-state index contributed by atoms with van der Waals surface area (Å²) in [5.74, 6) is 0. The van der Waals surface area contributed by atoms with Crippen molar-refractivity contribution in [3.63, 3.8) is 0 Å². The SMILES string of the molecule is NCc1cc(CN2CC(O)C(O)C2)ccn1. The van der Waals surface area contributed by atoms with Crippen molar-refractivity contribution in [2.24, 2.45) is 5.73 Å². The number of rotatable bonds is 3. The number of aliphatic hydroxyl groups is 2. The van der Waals surface area contributed by atoms with Crippen LogP contribution in [0.4, 0.5) is 0 Å². The second kappa shape index (κ2) is 4.88. The van der Waals surface area contributed by atoms with Gasteiger partial charge in [-0.15, -0.1) is 0 Å². The first-order valence-corrected chi connectivity index (χ1v) is 5.41. The maximum Gasteiger partial charge on any atom is 0.0938 e. The molecule has 0 radical (unpaired) electrons. The van der Waals surface area contributed by atoms with E-state index in [4.69, 9.17) is 5.73 Å². The molecule has 1 aliphatic rings. The summed E-state index contributed by atoms with van der Waals surface area (Å²) in [5, 5.41) is 18.8. The highest BCUT2D eigenvalue weighted by Crippen LogP contribution is 2.14. The molecule has 0 aromatic carbocycles. The number of hydrogen-bond donors (Lipinski definition) is 3. The molecule has 1 fully saturated rings. The highest BCUT2D eigenvalue weighted by Gasteiger charge is 2.29. The molecule has 5 nitrogen and oxygen atoms in total. The molecule has 88 valence electrons. The predicted molar refractivity (Wildman–Crippen MR) is 59.4 cm³/mol. The molecule has 1 aromatic rings. The number of aliphatic hydroxyl groups excluding tert-OH is 2. The van der Waals surface area contributed by atoms with Gasteiger partial charge >= 0.3 is 0 Å². The summed E-state index contributed by atoms with van der Waals surface area (Å²) < 4.78 is 0. The quantitative estimate of drug-likeness (QED) is 0.617. The van der Waals surface area contributed by atoms with Crippen molar-refractivity contribution in [2.45, 2.75) is 25.3 Å². The van der Waals surface area contributed by atoms with Crippen molar-refractivity contribution in [2.75, 3.05) is 13.1 Å². The summed E-state index contributed by atoms with van der Waals surface area (Å²) >= 11 is 0. The normalized spacial score (nSPS) is 26.2. The smallest absolute Gasteiger partial charge is 0.0938 e. The van der Waals surface area contributed by atoms with Gasteiger partial charge in [-0.2, -0.15) is 0 Å². The molecule has 1 aliphatic heterocycles. The fraction of sp³-hybridized carbons (Fsp3) is 0.545. The van der Waals surface area contributed by atoms with E-state index in [9.17, 15) is 10.2 Å². The first kappa shape index (κ1) is 11.5. The fourth-order valence-corrected chi connectivity index (χ4v) is 1.97. The Kier molecular flexibility index (Phi) is 3.50. The summed E-state index contributed by atoms with van der Waals surface area (Å²) in [6.45, 7) is 2.17. The van der Waals surface area contributed by atoms with E-state index in [1.807, 2.05) is 17.0 Å². The number of nitrogens with two attached hydrogens (primary N) is 1. The van der Waals surface area contributed by atoms with Crippen molar-refractivity contribution >= 4 is 0 Å². The van der Waals surface area contributed by atoms with Crippen molar-refractivity contribution in [3.8, 4) is 0 Å². The van der Waals surface area contributed by atoms with Crippen LogP contribution in [0.3, 0.4) is 0 Å². The average Bonchev–Trinajstić information content (AvgIpc) is 2.58. The molecule has 16 heavy (non-hydrogen) atoms. The van der Waals surface area contributed by atoms with Crippen LogP contribution in [0.5, 0.6) is 0 Å². The van der Waals surface area contributed by atoms with E-state index in [2.05, 4.69) is 4.98 Å². The minimum Gasteiger partial charge on any atom is -0.389 e. The van der Waals surface area contributed by atoms with Crippen molar-refractivity contribution in [1.29, 1.82) is 0 Å². The molecule has 2 heterocycles. The third-order valence-electron chi connectivity index (χ3n) is 2.83. The van der Waals surface area contributed by atoms with E-state index in [1.54, 1.807) is 6.20 Å². The zero-order valence-corrected chi connectivity index (χ0v) is 9.08. The Morgan fingerprint density at radius 2 is 2.06 bits per heavy atom. The minimum absolute atomic E-state index is 0.430. The lowest BCUT2D eigenvalue weighted by molar-refractivity contribution is 0.0572. The lowest BCUT2D eigenvalue weighted by atomic mass is 10.2. The fourth-order valence-electron chi connectivity index (χ4n) is 1.97. The van der Waals surface area contributed by atoms with Gasteiger partial charge in [0.25, 0.3) is 0 Å². The van der Waals surface area contributed by atoms with Gasteiger partial charge in [0.1, 0.15) is 0 Å². The lowest BCUT2D eigenvalue weighted by Gasteiger charge is -2.14. The summed E-state index contributed by atoms with van der Waals surface area (Å²) in [6, 6.07) is 3.88. The molecule has 0 amide bonds. The Balaban J connectivity index is 1.99. The maximum absolute atomic E-state index is 9.42. The van der Waals surface area contributed by atoms with Gasteiger partial charge in [0.15, 0.2) is 0 Å². The molecule has 0 aliphatic carbocycles. The predicted octanol–water partition coefficient (Wildman–Crippen LogP) is -0.922. The third-order valence-corrected chi connectivity index (χ3v) is 2.83. The van der Waals surface area contributed by atoms with E-state index in [0.717, 1.165) is 11.3 Å². The molecule has 2 rings (SSSR count). The van der Waals surface area contributed by atoms with Crippen LogP contribution >= 0.6 is 0 Å². The summed E-state index contributed by atoms with van der Waals surface area (Å²) in [5.41, 5.74) is 7.48. The van der Waals surface area contributed by atoms with Crippen LogP contribution < -0.4 is 5.73 Å². The van der Waals surface area contributed by atoms with Crippen LogP contribution in [0.1, 0.15) is 11.3 Å². The molecular weight excluding hydrogens is 206 g/mol. The van der Waals surface area contributed by atoms with Crippen LogP contribution in [0.15, 0.2) is 18.3 Å². The number of pyridine rings is 1. The highest BCUT2D eigenvalue weighted by molar-refractivity contribution is 5.16. The highest BCUT2D eigenvalue weighted by atomic mass is 16.3. The van der Waals surface area contributed by atoms with E-state index in [1.165, 1.54) is 0 Å². The Morgan fingerprint density at radius 3 is 2.69 bits per heavy atom. The number of nitrogens with zero attached hydrogens (tertiary/aromatic N) is 2. The van der Waals surface area contributed by atoms with Crippen molar-refractivity contribution in [3.05, 3.63) is 29.6 Å². The van der Waals surface area contributed by atoms with E-state index < -0.39 is 12.2 Å². The second-order valence-electron chi connectivity index (χ2n) is 4.19. The Morgan fingerprint density at radius 1 is 1.38 bits per heavy atom. The van der Waals surface area contributed by atoms with Gasteiger partial charge in [0, 0.05) is 32.4 Å². The van der Waals surface area contributed by atoms with Crippen LogP contribution in [0.25, 0.3) is 0 Å². The summed E-state index contributed by atoms with van der Waals surface area (Å²) in [4.78, 5) is 6.14. The first-order chi connectivity index (χ1) is 7.69. The number of hydrogen-bond acceptors (Lipinski definition) is 5. The van der Waals surface area contributed by atoms with Gasteiger partial charge in [0.05, 0.1) is 17.9 Å². The molecule has 0 saturated carbocycles. The molecule has 2 atom stereocenters. The molecule has 5 heteroatoms. The van der Waals surface area contributed by atoms with Gasteiger partial charge in [-0.1, -0.05) is 0 Å². The summed E-state index contributed by atoms with van der Waals surface area (Å²) in [6.07, 6.45) is 0.479. The van der Waals surface area contributed by atoms with Crippen LogP contribution in [-0.2, 0) is 13.1 Å². The van der Waals surface area contributed by atoms with Gasteiger partial charge in [-0.3, -0.25) is 9.88 Å². The van der Waals surface area contributed by atoms with E-state index in [-0.39, 0.29) is 0 Å². The zero-order chi connectivity index (χ0) is 11.5. The summed E-state index contributed by atoms with van der Waals surface area (Å²) in [7, 11) is 0. The molecule has 0 bridgehead atoms. The monoisotopic (exact) mass is 223 g/mol. The largest absolute Gasteiger partial charge is 0.389 e. The molecule has 2 unspecified atom stereocenters. The Bertz CT molecular complexity index is 349. The van der Waals surface area contributed by atoms with Crippen molar-refractivity contribution in [1.82, 2.24) is 9.88 Å². The van der Waals surface area contributed by atoms with Gasteiger partial charge in [-0.05, 0) is 17.7 Å². The van der Waals surface area contributed by atoms with Gasteiger partial charge < -0.3 is 15.9 Å². The molecule has 0 spiro atoms. The second-order valence-corrected chi connectivity index (χ2v) is 4.19. The third kappa shape index (κ3) is 2.56. The zero-order valence-electron chi connectivity index (χ0n) is 9.08. The first-order valence-electron chi connectivity index (χ1n) is 5.41. The van der Waals surface area contributed by atoms with Crippen molar-refractivity contribution < 1.29 is 10.2 Å². The number of β-amino-alcohol motifs (C(OH)–C–C–N with tert-alkyl or cyclic N) is 2. The van der Waals surface area contributed by atoms with E-state index in [0.29, 0.717) is 26.2 Å². The minimum atomic E-state index is -0.629. The van der Waals surface area contributed by atoms with Crippen LogP contribution in [0.2, 0.25) is 0 Å². The molecular formula is C11H17N3O2. The lowest BCUT2D eigenvalue weighted by Crippen LogP contribution is -2.22. The Hall–Kier alpha value is -1.01. The van der Waals surface area contributed by atoms with Gasteiger partial charge in [0.2, 0.25) is 0 Å². The topological polar surface area (TPSA) is 82.6 Å². The Labute approximate surface area is 94.5 Å². The van der Waals surface area contributed by atoms with Gasteiger partial charge in [-0.25, -0.2) is 0 Å². The van der Waals surface area contributed by atoms with Crippen LogP contribution in [0, 0.1) is 0 Å². The van der Waals surface area contributed by atoms with Crippen LogP contribution in [-0.4, -0.2) is 45.4 Å².